The Hall–Kier alpha value is -2.04. The van der Waals surface area contributed by atoms with Gasteiger partial charge in [-0.2, -0.15) is 0 Å². The van der Waals surface area contributed by atoms with Gasteiger partial charge in [0, 0.05) is 25.2 Å². The third kappa shape index (κ3) is 4.97. The number of hydrogen-bond donors (Lipinski definition) is 2. The number of hydrogen-bond acceptors (Lipinski definition) is 2. The number of nitrogens with zero attached hydrogens (tertiary/aromatic N) is 1. The molecule has 0 bridgehead atoms. The number of rotatable bonds is 4. The predicted molar refractivity (Wildman–Crippen MR) is 98.4 cm³/mol. The standard InChI is InChI=1S/C20H29N3O2/c1-15-6-2-3-7-16(15)14-19(24)23-12-10-18(11-13-23)22-20(25)21-17-8-4-5-9-17/h2-3,6-7,17-18H,4-5,8-14H2,1H3,(H2,21,22,25). The van der Waals surface area contributed by atoms with Crippen molar-refractivity contribution in [2.45, 2.75) is 64.0 Å². The van der Waals surface area contributed by atoms with E-state index < -0.39 is 0 Å². The molecule has 1 aromatic carbocycles. The minimum atomic E-state index is -0.0448. The highest BCUT2D eigenvalue weighted by molar-refractivity contribution is 5.79. The van der Waals surface area contributed by atoms with Crippen LogP contribution in [0, 0.1) is 6.92 Å². The minimum absolute atomic E-state index is 0.0448. The van der Waals surface area contributed by atoms with E-state index in [9.17, 15) is 9.59 Å². The van der Waals surface area contributed by atoms with Gasteiger partial charge in [0.25, 0.3) is 0 Å². The first-order valence-electron chi connectivity index (χ1n) is 9.51. The molecule has 5 nitrogen and oxygen atoms in total. The normalized spacial score (nSPS) is 19.0. The number of likely N-dealkylation sites (tertiary alicyclic amines) is 1. The number of benzene rings is 1. The van der Waals surface area contributed by atoms with Gasteiger partial charge >= 0.3 is 6.03 Å². The topological polar surface area (TPSA) is 61.4 Å². The van der Waals surface area contributed by atoms with Crippen LogP contribution in [0.2, 0.25) is 0 Å². The lowest BCUT2D eigenvalue weighted by molar-refractivity contribution is -0.131. The lowest BCUT2D eigenvalue weighted by Crippen LogP contribution is -2.50. The molecule has 0 spiro atoms. The predicted octanol–water partition coefficient (Wildman–Crippen LogP) is 2.77. The molecule has 2 fully saturated rings. The summed E-state index contributed by atoms with van der Waals surface area (Å²) in [6.45, 7) is 3.49. The van der Waals surface area contributed by atoms with E-state index in [4.69, 9.17) is 0 Å². The van der Waals surface area contributed by atoms with Crippen molar-refractivity contribution >= 4 is 11.9 Å². The smallest absolute Gasteiger partial charge is 0.315 e. The van der Waals surface area contributed by atoms with Crippen LogP contribution in [0.5, 0.6) is 0 Å². The Morgan fingerprint density at radius 2 is 1.60 bits per heavy atom. The van der Waals surface area contributed by atoms with Crippen LogP contribution in [-0.4, -0.2) is 42.0 Å². The fourth-order valence-electron chi connectivity index (χ4n) is 3.84. The van der Waals surface area contributed by atoms with E-state index in [1.807, 2.05) is 36.1 Å². The van der Waals surface area contributed by atoms with Crippen molar-refractivity contribution in [3.05, 3.63) is 35.4 Å². The van der Waals surface area contributed by atoms with Crippen LogP contribution in [0.4, 0.5) is 4.79 Å². The lowest BCUT2D eigenvalue weighted by atomic mass is 10.0. The van der Waals surface area contributed by atoms with Crippen LogP contribution in [0.15, 0.2) is 24.3 Å². The maximum Gasteiger partial charge on any atom is 0.315 e. The summed E-state index contributed by atoms with van der Waals surface area (Å²) in [6, 6.07) is 8.51. The summed E-state index contributed by atoms with van der Waals surface area (Å²) >= 11 is 0. The number of carbonyl (C=O) groups is 2. The zero-order chi connectivity index (χ0) is 17.6. The van der Waals surface area contributed by atoms with Gasteiger partial charge in [-0.05, 0) is 43.7 Å². The number of nitrogens with one attached hydrogen (secondary N) is 2. The summed E-state index contributed by atoms with van der Waals surface area (Å²) in [6.07, 6.45) is 6.75. The van der Waals surface area contributed by atoms with Crippen LogP contribution < -0.4 is 10.6 Å². The Morgan fingerprint density at radius 1 is 1.00 bits per heavy atom. The zero-order valence-corrected chi connectivity index (χ0v) is 15.1. The quantitative estimate of drug-likeness (QED) is 0.883. The average molecular weight is 343 g/mol. The molecule has 0 unspecified atom stereocenters. The average Bonchev–Trinajstić information content (AvgIpc) is 3.10. The van der Waals surface area contributed by atoms with E-state index >= 15 is 0 Å². The Bertz CT molecular complexity index is 603. The molecule has 1 aromatic rings. The highest BCUT2D eigenvalue weighted by Crippen LogP contribution is 2.18. The van der Waals surface area contributed by atoms with Gasteiger partial charge in [-0.3, -0.25) is 4.79 Å². The second-order valence-corrected chi connectivity index (χ2v) is 7.36. The van der Waals surface area contributed by atoms with Crippen molar-refractivity contribution in [1.29, 1.82) is 0 Å². The number of piperidine rings is 1. The van der Waals surface area contributed by atoms with Crippen molar-refractivity contribution < 1.29 is 9.59 Å². The van der Waals surface area contributed by atoms with Gasteiger partial charge in [-0.25, -0.2) is 4.79 Å². The van der Waals surface area contributed by atoms with Crippen LogP contribution in [0.1, 0.15) is 49.7 Å². The van der Waals surface area contributed by atoms with E-state index in [-0.39, 0.29) is 18.0 Å². The van der Waals surface area contributed by atoms with Crippen molar-refractivity contribution in [2.24, 2.45) is 0 Å². The molecule has 0 radical (unpaired) electrons. The van der Waals surface area contributed by atoms with Crippen LogP contribution >= 0.6 is 0 Å². The summed E-state index contributed by atoms with van der Waals surface area (Å²) in [4.78, 5) is 26.5. The van der Waals surface area contributed by atoms with Gasteiger partial charge in [0.1, 0.15) is 0 Å². The van der Waals surface area contributed by atoms with Crippen molar-refractivity contribution in [2.75, 3.05) is 13.1 Å². The van der Waals surface area contributed by atoms with Crippen molar-refractivity contribution in [1.82, 2.24) is 15.5 Å². The van der Waals surface area contributed by atoms with Gasteiger partial charge < -0.3 is 15.5 Å². The molecule has 2 N–H and O–H groups in total. The molecule has 2 aliphatic rings. The van der Waals surface area contributed by atoms with E-state index in [1.54, 1.807) is 0 Å². The molecule has 1 saturated carbocycles. The number of urea groups is 1. The van der Waals surface area contributed by atoms with Gasteiger partial charge in [-0.1, -0.05) is 37.1 Å². The van der Waals surface area contributed by atoms with Crippen LogP contribution in [0.25, 0.3) is 0 Å². The molecule has 1 aliphatic heterocycles. The third-order valence-electron chi connectivity index (χ3n) is 5.48. The number of carbonyl (C=O) groups excluding carboxylic acids is 2. The maximum atomic E-state index is 12.5. The largest absolute Gasteiger partial charge is 0.342 e. The maximum absolute atomic E-state index is 12.5. The van der Waals surface area contributed by atoms with E-state index in [0.29, 0.717) is 12.5 Å². The van der Waals surface area contributed by atoms with Gasteiger partial charge in [0.2, 0.25) is 5.91 Å². The first-order chi connectivity index (χ1) is 12.1. The molecule has 5 heteroatoms. The second-order valence-electron chi connectivity index (χ2n) is 7.36. The van der Waals surface area contributed by atoms with Gasteiger partial charge in [0.15, 0.2) is 0 Å². The van der Waals surface area contributed by atoms with Crippen molar-refractivity contribution in [3.8, 4) is 0 Å². The van der Waals surface area contributed by atoms with Gasteiger partial charge in [-0.15, -0.1) is 0 Å². The summed E-state index contributed by atoms with van der Waals surface area (Å²) in [5.74, 6) is 0.183. The Morgan fingerprint density at radius 3 is 2.24 bits per heavy atom. The summed E-state index contributed by atoms with van der Waals surface area (Å²) in [5.41, 5.74) is 2.26. The molecule has 1 aliphatic carbocycles. The number of aryl methyl sites for hydroxylation is 1. The molecular formula is C20H29N3O2. The molecule has 136 valence electrons. The lowest BCUT2D eigenvalue weighted by Gasteiger charge is -2.32. The minimum Gasteiger partial charge on any atom is -0.342 e. The second kappa shape index (κ2) is 8.37. The Labute approximate surface area is 150 Å². The molecule has 3 amide bonds. The van der Waals surface area contributed by atoms with Crippen LogP contribution in [0.3, 0.4) is 0 Å². The van der Waals surface area contributed by atoms with Gasteiger partial charge in [0.05, 0.1) is 6.42 Å². The number of amides is 3. The first kappa shape index (κ1) is 17.8. The monoisotopic (exact) mass is 343 g/mol. The molecule has 1 heterocycles. The summed E-state index contributed by atoms with van der Waals surface area (Å²) in [7, 11) is 0. The highest BCUT2D eigenvalue weighted by Gasteiger charge is 2.25. The SMILES string of the molecule is Cc1ccccc1CC(=O)N1CCC(NC(=O)NC2CCCC2)CC1. The Kier molecular flexibility index (Phi) is 5.95. The highest BCUT2D eigenvalue weighted by atomic mass is 16.2. The molecule has 3 rings (SSSR count). The third-order valence-corrected chi connectivity index (χ3v) is 5.48. The molecule has 25 heavy (non-hydrogen) atoms. The fraction of sp³-hybridized carbons (Fsp3) is 0.600. The van der Waals surface area contributed by atoms with E-state index in [1.165, 1.54) is 12.8 Å². The summed E-state index contributed by atoms with van der Waals surface area (Å²) in [5, 5.41) is 6.14. The van der Waals surface area contributed by atoms with E-state index in [2.05, 4.69) is 10.6 Å². The van der Waals surface area contributed by atoms with Crippen LogP contribution in [-0.2, 0) is 11.2 Å². The van der Waals surface area contributed by atoms with Crippen molar-refractivity contribution in [3.63, 3.8) is 0 Å². The molecular weight excluding hydrogens is 314 g/mol. The molecule has 0 atom stereocenters. The fourth-order valence-corrected chi connectivity index (χ4v) is 3.84. The van der Waals surface area contributed by atoms with E-state index in [0.717, 1.165) is 49.9 Å². The molecule has 0 aromatic heterocycles. The zero-order valence-electron chi connectivity index (χ0n) is 15.1. The Balaban J connectivity index is 1.41. The first-order valence-corrected chi connectivity index (χ1v) is 9.51. The molecule has 1 saturated heterocycles. The summed E-state index contributed by atoms with van der Waals surface area (Å²) < 4.78 is 0.